The second kappa shape index (κ2) is 11.5. The summed E-state index contributed by atoms with van der Waals surface area (Å²) < 4.78 is 4.88. The van der Waals surface area contributed by atoms with E-state index < -0.39 is 0 Å². The van der Waals surface area contributed by atoms with E-state index in [2.05, 4.69) is 203 Å². The van der Waals surface area contributed by atoms with Crippen LogP contribution in [0.2, 0.25) is 0 Å². The lowest BCUT2D eigenvalue weighted by atomic mass is 9.94. The Labute approximate surface area is 290 Å². The second-order valence-electron chi connectivity index (χ2n) is 12.9. The maximum absolute atomic E-state index is 2.48. The van der Waals surface area contributed by atoms with Crippen molar-refractivity contribution in [3.63, 3.8) is 0 Å². The van der Waals surface area contributed by atoms with Crippen LogP contribution < -0.4 is 0 Å². The summed E-state index contributed by atoms with van der Waals surface area (Å²) in [6.45, 7) is 0. The Hall–Kier alpha value is -6.64. The molecule has 0 fully saturated rings. The minimum absolute atomic E-state index is 1.14. The van der Waals surface area contributed by atoms with Crippen molar-refractivity contribution in [2.24, 2.45) is 0 Å². The predicted molar refractivity (Wildman–Crippen MR) is 211 cm³/mol. The fourth-order valence-electron chi connectivity index (χ4n) is 8.00. The molecule has 0 saturated carbocycles. The zero-order chi connectivity index (χ0) is 33.0. The lowest BCUT2D eigenvalue weighted by Gasteiger charge is -2.17. The molecule has 0 radical (unpaired) electrons. The van der Waals surface area contributed by atoms with E-state index in [4.69, 9.17) is 0 Å². The fourth-order valence-corrected chi connectivity index (χ4v) is 8.00. The second-order valence-corrected chi connectivity index (χ2v) is 12.9. The molecule has 8 aromatic carbocycles. The molecular formula is C48H32N2. The molecule has 2 nitrogen and oxygen atoms in total. The van der Waals surface area contributed by atoms with E-state index in [0.29, 0.717) is 0 Å². The van der Waals surface area contributed by atoms with E-state index in [1.54, 1.807) is 0 Å². The Morgan fingerprint density at radius 1 is 0.280 bits per heavy atom. The Balaban J connectivity index is 1.30. The summed E-state index contributed by atoms with van der Waals surface area (Å²) in [5.41, 5.74) is 14.4. The van der Waals surface area contributed by atoms with Crippen LogP contribution >= 0.6 is 0 Å². The molecule has 0 spiro atoms. The lowest BCUT2D eigenvalue weighted by Crippen LogP contribution is -1.98. The zero-order valence-corrected chi connectivity index (χ0v) is 27.4. The van der Waals surface area contributed by atoms with Crippen molar-refractivity contribution < 1.29 is 0 Å². The van der Waals surface area contributed by atoms with E-state index >= 15 is 0 Å². The summed E-state index contributed by atoms with van der Waals surface area (Å²) in [4.78, 5) is 0. The molecule has 10 aromatic rings. The van der Waals surface area contributed by atoms with Crippen molar-refractivity contribution in [3.8, 4) is 44.8 Å². The molecule has 2 aromatic heterocycles. The monoisotopic (exact) mass is 636 g/mol. The van der Waals surface area contributed by atoms with E-state index in [9.17, 15) is 0 Å². The van der Waals surface area contributed by atoms with Crippen LogP contribution in [0.5, 0.6) is 0 Å². The number of para-hydroxylation sites is 4. The standard InChI is InChI=1S/C48H32N2/c1-4-16-33(17-5-1)37-31-30-36(32-43(37)34-18-6-2-7-19-34)50-44-27-12-10-22-38(44)40-25-14-26-41(48(40)50)39-24-15-29-46-47(39)42-23-11-13-28-45(42)49(46)35-20-8-3-9-21-35/h1-32H. The van der Waals surface area contributed by atoms with E-state index in [0.717, 1.165) is 11.4 Å². The van der Waals surface area contributed by atoms with Crippen molar-refractivity contribution in [2.75, 3.05) is 0 Å². The average molecular weight is 637 g/mol. The van der Waals surface area contributed by atoms with Gasteiger partial charge in [-0.15, -0.1) is 0 Å². The van der Waals surface area contributed by atoms with E-state index in [-0.39, 0.29) is 0 Å². The molecular weight excluding hydrogens is 605 g/mol. The number of fused-ring (bicyclic) bond motifs is 6. The van der Waals surface area contributed by atoms with Crippen molar-refractivity contribution in [1.82, 2.24) is 9.13 Å². The van der Waals surface area contributed by atoms with Gasteiger partial charge in [-0.1, -0.05) is 152 Å². The van der Waals surface area contributed by atoms with Gasteiger partial charge >= 0.3 is 0 Å². The molecule has 0 saturated heterocycles. The van der Waals surface area contributed by atoms with Crippen LogP contribution in [0.1, 0.15) is 0 Å². The van der Waals surface area contributed by atoms with Crippen molar-refractivity contribution in [2.45, 2.75) is 0 Å². The van der Waals surface area contributed by atoms with Crippen molar-refractivity contribution >= 4 is 43.6 Å². The minimum Gasteiger partial charge on any atom is -0.309 e. The molecule has 0 aliphatic heterocycles. The van der Waals surface area contributed by atoms with Crippen molar-refractivity contribution in [3.05, 3.63) is 194 Å². The Morgan fingerprint density at radius 3 is 1.56 bits per heavy atom. The lowest BCUT2D eigenvalue weighted by molar-refractivity contribution is 1.18. The van der Waals surface area contributed by atoms with Gasteiger partial charge in [0, 0.05) is 38.5 Å². The Morgan fingerprint density at radius 2 is 0.820 bits per heavy atom. The minimum atomic E-state index is 1.14. The van der Waals surface area contributed by atoms with Gasteiger partial charge in [-0.2, -0.15) is 0 Å². The molecule has 10 rings (SSSR count). The van der Waals surface area contributed by atoms with Gasteiger partial charge < -0.3 is 9.13 Å². The highest BCUT2D eigenvalue weighted by atomic mass is 15.0. The smallest absolute Gasteiger partial charge is 0.0619 e. The average Bonchev–Trinajstić information content (AvgIpc) is 3.72. The van der Waals surface area contributed by atoms with Gasteiger partial charge in [0.2, 0.25) is 0 Å². The number of aromatic nitrogens is 2. The Kier molecular flexibility index (Phi) is 6.53. The third-order valence-electron chi connectivity index (χ3n) is 10.1. The summed E-state index contributed by atoms with van der Waals surface area (Å²) in [5, 5.41) is 5.01. The zero-order valence-electron chi connectivity index (χ0n) is 27.4. The SMILES string of the molecule is c1ccc(-c2ccc(-n3c4ccccc4c4cccc(-c5cccc6c5c5ccccc5n6-c5ccccc5)c43)cc2-c2ccccc2)cc1. The quantitative estimate of drug-likeness (QED) is 0.178. The van der Waals surface area contributed by atoms with Crippen molar-refractivity contribution in [1.29, 1.82) is 0 Å². The largest absolute Gasteiger partial charge is 0.309 e. The highest BCUT2D eigenvalue weighted by Gasteiger charge is 2.21. The van der Waals surface area contributed by atoms with Gasteiger partial charge in [-0.25, -0.2) is 0 Å². The normalized spacial score (nSPS) is 11.6. The van der Waals surface area contributed by atoms with E-state index in [1.165, 1.54) is 77.0 Å². The van der Waals surface area contributed by atoms with Gasteiger partial charge in [0.05, 0.1) is 22.1 Å². The van der Waals surface area contributed by atoms with Gasteiger partial charge in [0.1, 0.15) is 0 Å². The molecule has 2 heterocycles. The molecule has 2 heteroatoms. The molecule has 0 unspecified atom stereocenters. The summed E-state index contributed by atoms with van der Waals surface area (Å²) in [6.07, 6.45) is 0. The molecule has 0 N–H and O–H groups in total. The summed E-state index contributed by atoms with van der Waals surface area (Å²) >= 11 is 0. The van der Waals surface area contributed by atoms with E-state index in [1.807, 2.05) is 0 Å². The summed E-state index contributed by atoms with van der Waals surface area (Å²) in [7, 11) is 0. The van der Waals surface area contributed by atoms with Crippen LogP contribution in [-0.2, 0) is 0 Å². The van der Waals surface area contributed by atoms with Gasteiger partial charge in [0.25, 0.3) is 0 Å². The highest BCUT2D eigenvalue weighted by Crippen LogP contribution is 2.44. The molecule has 234 valence electrons. The number of nitrogens with zero attached hydrogens (tertiary/aromatic N) is 2. The van der Waals surface area contributed by atoms with Crippen LogP contribution in [0, 0.1) is 0 Å². The van der Waals surface area contributed by atoms with Gasteiger partial charge in [-0.05, 0) is 70.3 Å². The number of hydrogen-bond acceptors (Lipinski definition) is 0. The maximum atomic E-state index is 2.48. The molecule has 0 aliphatic carbocycles. The maximum Gasteiger partial charge on any atom is 0.0619 e. The molecule has 0 amide bonds. The summed E-state index contributed by atoms with van der Waals surface area (Å²) in [6, 6.07) is 70.4. The van der Waals surface area contributed by atoms with Gasteiger partial charge in [-0.3, -0.25) is 0 Å². The van der Waals surface area contributed by atoms with Crippen LogP contribution in [-0.4, -0.2) is 9.13 Å². The third-order valence-corrected chi connectivity index (χ3v) is 10.1. The highest BCUT2D eigenvalue weighted by molar-refractivity contribution is 6.20. The van der Waals surface area contributed by atoms with Crippen LogP contribution in [0.15, 0.2) is 194 Å². The first kappa shape index (κ1) is 28.4. The first-order chi connectivity index (χ1) is 24.8. The summed E-state index contributed by atoms with van der Waals surface area (Å²) in [5.74, 6) is 0. The van der Waals surface area contributed by atoms with Crippen LogP contribution in [0.25, 0.3) is 88.4 Å². The van der Waals surface area contributed by atoms with Crippen LogP contribution in [0.3, 0.4) is 0 Å². The fraction of sp³-hybridized carbons (Fsp3) is 0. The third kappa shape index (κ3) is 4.36. The molecule has 0 atom stereocenters. The number of benzene rings is 8. The molecule has 0 aliphatic rings. The topological polar surface area (TPSA) is 9.86 Å². The molecule has 0 bridgehead atoms. The predicted octanol–water partition coefficient (Wildman–Crippen LogP) is 12.9. The molecule has 50 heavy (non-hydrogen) atoms. The number of rotatable bonds is 5. The van der Waals surface area contributed by atoms with Gasteiger partial charge in [0.15, 0.2) is 0 Å². The first-order valence-electron chi connectivity index (χ1n) is 17.2. The Bertz CT molecular complexity index is 2840. The first-order valence-corrected chi connectivity index (χ1v) is 17.2. The number of hydrogen-bond donors (Lipinski definition) is 0. The van der Waals surface area contributed by atoms with Crippen LogP contribution in [0.4, 0.5) is 0 Å².